The topological polar surface area (TPSA) is 72.7 Å². The number of hydrogen-bond donors (Lipinski definition) is 1. The Morgan fingerprint density at radius 1 is 1.03 bits per heavy atom. The van der Waals surface area contributed by atoms with Crippen LogP contribution in [0, 0.1) is 5.95 Å². The van der Waals surface area contributed by atoms with Crippen LogP contribution in [-0.2, 0) is 12.4 Å². The zero-order chi connectivity index (χ0) is 23.0. The lowest BCUT2D eigenvalue weighted by Crippen LogP contribution is -2.29. The Morgan fingerprint density at radius 3 is 2.19 bits per heavy atom. The average Bonchev–Trinajstić information content (AvgIpc) is 3.16. The molecule has 0 aliphatic carbocycles. The van der Waals surface area contributed by atoms with Crippen molar-refractivity contribution >= 4 is 5.91 Å². The third-order valence-corrected chi connectivity index (χ3v) is 4.08. The smallest absolute Gasteiger partial charge is 0.342 e. The first-order valence-electron chi connectivity index (χ1n) is 8.49. The molecule has 0 fully saturated rings. The van der Waals surface area contributed by atoms with E-state index in [9.17, 15) is 35.5 Å². The van der Waals surface area contributed by atoms with Crippen LogP contribution in [0.2, 0.25) is 0 Å². The van der Waals surface area contributed by atoms with E-state index in [-0.39, 0.29) is 17.7 Å². The Balaban J connectivity index is 1.91. The van der Waals surface area contributed by atoms with Crippen molar-refractivity contribution in [3.8, 4) is 5.82 Å². The van der Waals surface area contributed by atoms with Crippen LogP contribution in [0.1, 0.15) is 40.3 Å². The summed E-state index contributed by atoms with van der Waals surface area (Å²) >= 11 is 0. The highest BCUT2D eigenvalue weighted by molar-refractivity contribution is 5.94. The van der Waals surface area contributed by atoms with Gasteiger partial charge in [0.15, 0.2) is 11.6 Å². The maximum absolute atomic E-state index is 13.4. The minimum absolute atomic E-state index is 0.00651. The summed E-state index contributed by atoms with van der Waals surface area (Å²) in [6.45, 7) is 1.37. The third kappa shape index (κ3) is 4.98. The predicted octanol–water partition coefficient (Wildman–Crippen LogP) is 4.33. The minimum atomic E-state index is -5.09. The van der Waals surface area contributed by atoms with E-state index < -0.39 is 46.9 Å². The van der Waals surface area contributed by atoms with Gasteiger partial charge in [0.2, 0.25) is 5.95 Å². The van der Waals surface area contributed by atoms with Crippen LogP contribution < -0.4 is 5.32 Å². The fourth-order valence-corrected chi connectivity index (χ4v) is 2.67. The summed E-state index contributed by atoms with van der Waals surface area (Å²) in [6, 6.07) is 3.34. The van der Waals surface area contributed by atoms with Crippen LogP contribution >= 0.6 is 0 Å². The molecule has 0 aliphatic rings. The molecule has 3 aromatic rings. The summed E-state index contributed by atoms with van der Waals surface area (Å²) in [6.07, 6.45) is -9.12. The van der Waals surface area contributed by atoms with E-state index in [1.807, 2.05) is 0 Å². The van der Waals surface area contributed by atoms with Crippen LogP contribution in [0.15, 0.2) is 42.7 Å². The number of pyridine rings is 1. The van der Waals surface area contributed by atoms with Crippen molar-refractivity contribution < 1.29 is 35.5 Å². The number of aromatic nitrogens is 4. The third-order valence-electron chi connectivity index (χ3n) is 4.08. The molecule has 0 saturated heterocycles. The van der Waals surface area contributed by atoms with Gasteiger partial charge in [-0.1, -0.05) is 6.07 Å². The Labute approximate surface area is 169 Å². The molecule has 0 aliphatic heterocycles. The monoisotopic (exact) mass is 447 g/mol. The zero-order valence-corrected chi connectivity index (χ0v) is 15.5. The fourth-order valence-electron chi connectivity index (χ4n) is 2.67. The highest BCUT2D eigenvalue weighted by atomic mass is 19.4. The second-order valence-electron chi connectivity index (χ2n) is 6.34. The molecule has 13 heteroatoms. The molecular weight excluding hydrogens is 435 g/mol. The van der Waals surface area contributed by atoms with Gasteiger partial charge in [-0.15, -0.1) is 0 Å². The van der Waals surface area contributed by atoms with Crippen molar-refractivity contribution in [2.24, 2.45) is 0 Å². The van der Waals surface area contributed by atoms with Gasteiger partial charge in [0.05, 0.1) is 17.2 Å². The maximum Gasteiger partial charge on any atom is 0.416 e. The van der Waals surface area contributed by atoms with E-state index in [0.717, 1.165) is 17.1 Å². The normalized spacial score (nSPS) is 13.2. The van der Waals surface area contributed by atoms with E-state index in [2.05, 4.69) is 20.4 Å². The van der Waals surface area contributed by atoms with Crippen molar-refractivity contribution in [1.29, 1.82) is 0 Å². The Kier molecular flexibility index (Phi) is 5.70. The number of rotatable bonds is 4. The molecule has 164 valence electrons. The molecule has 2 aromatic heterocycles. The van der Waals surface area contributed by atoms with Crippen LogP contribution in [-0.4, -0.2) is 25.7 Å². The van der Waals surface area contributed by atoms with Crippen molar-refractivity contribution in [2.45, 2.75) is 25.3 Å². The van der Waals surface area contributed by atoms with Gasteiger partial charge in [-0.25, -0.2) is 9.97 Å². The number of nitrogens with zero attached hydrogens (tertiary/aromatic N) is 4. The summed E-state index contributed by atoms with van der Waals surface area (Å²) < 4.78 is 92.4. The molecule has 31 heavy (non-hydrogen) atoms. The summed E-state index contributed by atoms with van der Waals surface area (Å²) in [5.74, 6) is -1.99. The predicted molar refractivity (Wildman–Crippen MR) is 91.4 cm³/mol. The number of carbonyl (C=O) groups excluding carboxylic acids is 1. The first-order valence-corrected chi connectivity index (χ1v) is 8.49. The molecule has 1 amide bonds. The number of benzene rings is 1. The van der Waals surface area contributed by atoms with Crippen LogP contribution in [0.4, 0.5) is 30.7 Å². The van der Waals surface area contributed by atoms with Gasteiger partial charge in [-0.3, -0.25) is 4.79 Å². The molecule has 6 nitrogen and oxygen atoms in total. The molecule has 0 radical (unpaired) electrons. The lowest BCUT2D eigenvalue weighted by Gasteiger charge is -2.17. The number of hydrogen-bond acceptors (Lipinski definition) is 4. The van der Waals surface area contributed by atoms with Gasteiger partial charge in [0, 0.05) is 5.56 Å². The summed E-state index contributed by atoms with van der Waals surface area (Å²) in [7, 11) is 0. The second-order valence-corrected chi connectivity index (χ2v) is 6.34. The maximum atomic E-state index is 13.4. The molecule has 2 heterocycles. The summed E-state index contributed by atoms with van der Waals surface area (Å²) in [4.78, 5) is 19.9. The number of nitrogens with one attached hydrogen (secondary N) is 1. The van der Waals surface area contributed by atoms with E-state index in [0.29, 0.717) is 12.1 Å². The molecule has 1 unspecified atom stereocenters. The summed E-state index contributed by atoms with van der Waals surface area (Å²) in [5, 5.41) is 6.11. The first kappa shape index (κ1) is 22.2. The second kappa shape index (κ2) is 7.96. The number of amides is 1. The number of halogens is 7. The van der Waals surface area contributed by atoms with Gasteiger partial charge in [0.25, 0.3) is 5.91 Å². The van der Waals surface area contributed by atoms with E-state index in [1.54, 1.807) is 0 Å². The molecule has 1 N–H and O–H groups in total. The van der Waals surface area contributed by atoms with Gasteiger partial charge in [-0.05, 0) is 37.3 Å². The Hall–Kier alpha value is -3.51. The number of carbonyl (C=O) groups is 1. The van der Waals surface area contributed by atoms with E-state index in [1.165, 1.54) is 19.1 Å². The highest BCUT2D eigenvalue weighted by Crippen LogP contribution is 2.36. The Bertz CT molecular complexity index is 1070. The molecule has 1 atom stereocenters. The van der Waals surface area contributed by atoms with Crippen LogP contribution in [0.3, 0.4) is 0 Å². The number of alkyl halides is 6. The van der Waals surface area contributed by atoms with Crippen molar-refractivity contribution in [2.75, 3.05) is 0 Å². The van der Waals surface area contributed by atoms with Crippen molar-refractivity contribution in [3.05, 3.63) is 71.2 Å². The lowest BCUT2D eigenvalue weighted by molar-refractivity contribution is -0.143. The fraction of sp³-hybridized carbons (Fsp3) is 0.222. The quantitative estimate of drug-likeness (QED) is 0.478. The molecule has 1 aromatic carbocycles. The molecular formula is C18H12F7N5O. The average molecular weight is 447 g/mol. The van der Waals surface area contributed by atoms with Crippen LogP contribution in [0.5, 0.6) is 0 Å². The van der Waals surface area contributed by atoms with Gasteiger partial charge in [-0.2, -0.15) is 40.5 Å². The van der Waals surface area contributed by atoms with Crippen molar-refractivity contribution in [3.63, 3.8) is 0 Å². The Morgan fingerprint density at radius 2 is 1.65 bits per heavy atom. The van der Waals surface area contributed by atoms with E-state index in [4.69, 9.17) is 0 Å². The lowest BCUT2D eigenvalue weighted by atomic mass is 10.0. The van der Waals surface area contributed by atoms with Gasteiger partial charge in [0.1, 0.15) is 6.33 Å². The molecule has 3 rings (SSSR count). The highest BCUT2D eigenvalue weighted by Gasteiger charge is 2.37. The van der Waals surface area contributed by atoms with E-state index >= 15 is 0 Å². The minimum Gasteiger partial charge on any atom is -0.342 e. The summed E-state index contributed by atoms with van der Waals surface area (Å²) in [5.41, 5.74) is -4.08. The van der Waals surface area contributed by atoms with Gasteiger partial charge >= 0.3 is 12.4 Å². The molecule has 0 saturated carbocycles. The SMILES string of the molecule is CC(NC(=O)c1cc(C(F)(F)F)cc(C(F)(F)F)c1)c1ncnn1-c1cccc(F)n1. The van der Waals surface area contributed by atoms with Gasteiger partial charge < -0.3 is 5.32 Å². The molecule has 0 spiro atoms. The van der Waals surface area contributed by atoms with Crippen molar-refractivity contribution in [1.82, 2.24) is 25.1 Å². The zero-order valence-electron chi connectivity index (χ0n) is 15.5. The molecule has 0 bridgehead atoms. The van der Waals surface area contributed by atoms with Crippen LogP contribution in [0.25, 0.3) is 5.82 Å². The first-order chi connectivity index (χ1) is 14.4. The standard InChI is InChI=1S/C18H12F7N5O/c1-9(15-26-8-27-30(15)14-4-2-3-13(19)29-14)28-16(31)10-5-11(17(20,21)22)7-12(6-10)18(23,24)25/h2-9H,1H3,(H,28,31). The largest absolute Gasteiger partial charge is 0.416 e.